The summed E-state index contributed by atoms with van der Waals surface area (Å²) in [6.45, 7) is 5.99. The van der Waals surface area contributed by atoms with Gasteiger partial charge in [0, 0.05) is 13.2 Å². The Kier molecular flexibility index (Phi) is 3.42. The molecular formula is C11H21NO2. The maximum absolute atomic E-state index is 9.87. The summed E-state index contributed by atoms with van der Waals surface area (Å²) < 4.78 is 5.43. The van der Waals surface area contributed by atoms with Crippen molar-refractivity contribution in [3.63, 3.8) is 0 Å². The van der Waals surface area contributed by atoms with Gasteiger partial charge in [0.05, 0.1) is 18.8 Å². The number of ether oxygens (including phenoxy) is 1. The number of likely N-dealkylation sites (tertiary alicyclic amines) is 1. The van der Waals surface area contributed by atoms with Gasteiger partial charge in [0.15, 0.2) is 0 Å². The summed E-state index contributed by atoms with van der Waals surface area (Å²) in [4.78, 5) is 2.41. The molecular weight excluding hydrogens is 178 g/mol. The van der Waals surface area contributed by atoms with Crippen molar-refractivity contribution in [3.05, 3.63) is 0 Å². The number of nitrogens with zero attached hydrogens (tertiary/aromatic N) is 1. The molecule has 2 saturated heterocycles. The normalized spacial score (nSPS) is 40.3. The highest BCUT2D eigenvalue weighted by molar-refractivity contribution is 4.86. The summed E-state index contributed by atoms with van der Waals surface area (Å²) in [5.41, 5.74) is 0. The minimum Gasteiger partial charge on any atom is -0.391 e. The lowest BCUT2D eigenvalue weighted by Gasteiger charge is -2.35. The van der Waals surface area contributed by atoms with Gasteiger partial charge in [-0.25, -0.2) is 0 Å². The third-order valence-electron chi connectivity index (χ3n) is 3.65. The second-order valence-corrected chi connectivity index (χ2v) is 4.56. The molecule has 2 heterocycles. The van der Waals surface area contributed by atoms with E-state index in [1.807, 2.05) is 0 Å². The van der Waals surface area contributed by atoms with Gasteiger partial charge in [-0.1, -0.05) is 13.3 Å². The summed E-state index contributed by atoms with van der Waals surface area (Å²) in [6.07, 6.45) is 3.19. The van der Waals surface area contributed by atoms with Crippen molar-refractivity contribution in [3.8, 4) is 0 Å². The van der Waals surface area contributed by atoms with Crippen LogP contribution in [0.5, 0.6) is 0 Å². The van der Waals surface area contributed by atoms with E-state index in [-0.39, 0.29) is 12.1 Å². The molecule has 0 aromatic heterocycles. The molecule has 0 amide bonds. The van der Waals surface area contributed by atoms with E-state index in [0.29, 0.717) is 0 Å². The van der Waals surface area contributed by atoms with Crippen LogP contribution < -0.4 is 0 Å². The molecule has 2 fully saturated rings. The lowest BCUT2D eigenvalue weighted by Crippen LogP contribution is -2.48. The zero-order valence-corrected chi connectivity index (χ0v) is 8.98. The average Bonchev–Trinajstić information content (AvgIpc) is 2.67. The summed E-state index contributed by atoms with van der Waals surface area (Å²) >= 11 is 0. The molecule has 14 heavy (non-hydrogen) atoms. The molecule has 0 radical (unpaired) electrons. The molecule has 2 aliphatic rings. The fourth-order valence-corrected chi connectivity index (χ4v) is 2.56. The highest BCUT2D eigenvalue weighted by atomic mass is 16.5. The lowest BCUT2D eigenvalue weighted by molar-refractivity contribution is -0.0558. The van der Waals surface area contributed by atoms with E-state index in [0.717, 1.165) is 38.6 Å². The number of hydrogen-bond donors (Lipinski definition) is 1. The van der Waals surface area contributed by atoms with Gasteiger partial charge >= 0.3 is 0 Å². The Hall–Kier alpha value is -0.120. The van der Waals surface area contributed by atoms with Crippen molar-refractivity contribution >= 4 is 0 Å². The van der Waals surface area contributed by atoms with E-state index in [2.05, 4.69) is 11.8 Å². The van der Waals surface area contributed by atoms with Crippen LogP contribution in [0, 0.1) is 5.92 Å². The van der Waals surface area contributed by atoms with Crippen molar-refractivity contribution in [1.29, 1.82) is 0 Å². The average molecular weight is 199 g/mol. The van der Waals surface area contributed by atoms with Gasteiger partial charge in [0.1, 0.15) is 0 Å². The summed E-state index contributed by atoms with van der Waals surface area (Å²) in [7, 11) is 0. The van der Waals surface area contributed by atoms with Crippen LogP contribution in [0.4, 0.5) is 0 Å². The van der Waals surface area contributed by atoms with Gasteiger partial charge in [-0.2, -0.15) is 0 Å². The second-order valence-electron chi connectivity index (χ2n) is 4.56. The second kappa shape index (κ2) is 4.60. The molecule has 3 atom stereocenters. The van der Waals surface area contributed by atoms with Gasteiger partial charge in [-0.15, -0.1) is 0 Å². The molecule has 2 rings (SSSR count). The van der Waals surface area contributed by atoms with Crippen LogP contribution in [0.1, 0.15) is 26.2 Å². The van der Waals surface area contributed by atoms with Crippen LogP contribution in [-0.2, 0) is 4.74 Å². The van der Waals surface area contributed by atoms with E-state index >= 15 is 0 Å². The Morgan fingerprint density at radius 2 is 2.29 bits per heavy atom. The Morgan fingerprint density at radius 1 is 1.43 bits per heavy atom. The fraction of sp³-hybridized carbons (Fsp3) is 1.00. The molecule has 82 valence electrons. The molecule has 2 aliphatic heterocycles. The SMILES string of the molecule is CCC1CCN(C2COCCC2O)C1. The number of aliphatic hydroxyl groups is 1. The fourth-order valence-electron chi connectivity index (χ4n) is 2.56. The predicted octanol–water partition coefficient (Wildman–Crippen LogP) is 0.868. The first-order chi connectivity index (χ1) is 6.81. The van der Waals surface area contributed by atoms with Crippen LogP contribution in [0.15, 0.2) is 0 Å². The Bertz CT molecular complexity index is 186. The molecule has 0 saturated carbocycles. The molecule has 0 aromatic carbocycles. The topological polar surface area (TPSA) is 32.7 Å². The molecule has 3 unspecified atom stereocenters. The first kappa shape index (κ1) is 10.4. The van der Waals surface area contributed by atoms with Gasteiger partial charge in [0.25, 0.3) is 0 Å². The Balaban J connectivity index is 1.88. The van der Waals surface area contributed by atoms with Crippen LogP contribution in [-0.4, -0.2) is 48.5 Å². The van der Waals surface area contributed by atoms with Gasteiger partial charge in [0.2, 0.25) is 0 Å². The molecule has 0 aliphatic carbocycles. The van der Waals surface area contributed by atoms with Crippen LogP contribution in [0.2, 0.25) is 0 Å². The van der Waals surface area contributed by atoms with Crippen LogP contribution in [0.3, 0.4) is 0 Å². The van der Waals surface area contributed by atoms with Crippen LogP contribution >= 0.6 is 0 Å². The maximum atomic E-state index is 9.87. The third kappa shape index (κ3) is 2.10. The first-order valence-corrected chi connectivity index (χ1v) is 5.81. The number of aliphatic hydroxyl groups excluding tert-OH is 1. The van der Waals surface area contributed by atoms with E-state index in [1.165, 1.54) is 12.8 Å². The summed E-state index contributed by atoms with van der Waals surface area (Å²) in [5.74, 6) is 0.837. The zero-order valence-electron chi connectivity index (χ0n) is 8.98. The quantitative estimate of drug-likeness (QED) is 0.716. The van der Waals surface area contributed by atoms with Crippen molar-refractivity contribution in [2.75, 3.05) is 26.3 Å². The summed E-state index contributed by atoms with van der Waals surface area (Å²) in [6, 6.07) is 0.264. The Morgan fingerprint density at radius 3 is 2.93 bits per heavy atom. The first-order valence-electron chi connectivity index (χ1n) is 5.81. The Labute approximate surface area is 86.0 Å². The minimum atomic E-state index is -0.167. The van der Waals surface area contributed by atoms with E-state index in [4.69, 9.17) is 4.74 Å². The van der Waals surface area contributed by atoms with Gasteiger partial charge < -0.3 is 9.84 Å². The molecule has 0 aromatic rings. The predicted molar refractivity (Wildman–Crippen MR) is 55.2 cm³/mol. The largest absolute Gasteiger partial charge is 0.391 e. The summed E-state index contributed by atoms with van der Waals surface area (Å²) in [5, 5.41) is 9.87. The molecule has 0 bridgehead atoms. The highest BCUT2D eigenvalue weighted by Crippen LogP contribution is 2.24. The molecule has 0 spiro atoms. The van der Waals surface area contributed by atoms with Crippen molar-refractivity contribution < 1.29 is 9.84 Å². The van der Waals surface area contributed by atoms with Gasteiger partial charge in [-0.3, -0.25) is 4.90 Å². The smallest absolute Gasteiger partial charge is 0.0739 e. The third-order valence-corrected chi connectivity index (χ3v) is 3.65. The number of hydrogen-bond acceptors (Lipinski definition) is 3. The molecule has 3 heteroatoms. The number of rotatable bonds is 2. The van der Waals surface area contributed by atoms with E-state index < -0.39 is 0 Å². The maximum Gasteiger partial charge on any atom is 0.0739 e. The van der Waals surface area contributed by atoms with Crippen LogP contribution in [0.25, 0.3) is 0 Å². The molecule has 1 N–H and O–H groups in total. The van der Waals surface area contributed by atoms with Crippen molar-refractivity contribution in [2.24, 2.45) is 5.92 Å². The monoisotopic (exact) mass is 199 g/mol. The lowest BCUT2D eigenvalue weighted by atomic mass is 10.0. The molecule has 3 nitrogen and oxygen atoms in total. The standard InChI is InChI=1S/C11H21NO2/c1-2-9-3-5-12(7-9)10-8-14-6-4-11(10)13/h9-11,13H,2-8H2,1H3. The van der Waals surface area contributed by atoms with E-state index in [9.17, 15) is 5.11 Å². The minimum absolute atomic E-state index is 0.167. The highest BCUT2D eigenvalue weighted by Gasteiger charge is 2.33. The zero-order chi connectivity index (χ0) is 9.97. The van der Waals surface area contributed by atoms with Crippen molar-refractivity contribution in [1.82, 2.24) is 4.90 Å². The van der Waals surface area contributed by atoms with E-state index in [1.54, 1.807) is 0 Å². The van der Waals surface area contributed by atoms with Gasteiger partial charge in [-0.05, 0) is 25.3 Å². The van der Waals surface area contributed by atoms with Crippen molar-refractivity contribution in [2.45, 2.75) is 38.3 Å².